The molecule has 0 aliphatic rings. The van der Waals surface area contributed by atoms with E-state index in [1.165, 1.54) is 12.1 Å². The molecular formula is C30H30F4N4O4. The average molecular weight is 587 g/mol. The van der Waals surface area contributed by atoms with E-state index < -0.39 is 34.4 Å². The van der Waals surface area contributed by atoms with Gasteiger partial charge in [0.2, 0.25) is 0 Å². The van der Waals surface area contributed by atoms with E-state index >= 15 is 17.6 Å². The quantitative estimate of drug-likeness (QED) is 0.0968. The van der Waals surface area contributed by atoms with Crippen LogP contribution in [0.1, 0.15) is 0 Å². The summed E-state index contributed by atoms with van der Waals surface area (Å²) in [5.74, 6) is -6.24. The number of rotatable bonds is 12. The predicted octanol–water partition coefficient (Wildman–Crippen LogP) is 4.12. The summed E-state index contributed by atoms with van der Waals surface area (Å²) in [6.45, 7) is 0.382. The second-order valence-electron chi connectivity index (χ2n) is 9.78. The van der Waals surface area contributed by atoms with Crippen molar-refractivity contribution in [2.45, 2.75) is 0 Å². The molecule has 2 aromatic heterocycles. The molecule has 0 saturated heterocycles. The molecule has 0 bridgehead atoms. The Morgan fingerprint density at radius 2 is 0.833 bits per heavy atom. The van der Waals surface area contributed by atoms with Gasteiger partial charge in [-0.2, -0.15) is 0 Å². The van der Waals surface area contributed by atoms with Crippen molar-refractivity contribution in [3.8, 4) is 22.5 Å². The first-order valence-corrected chi connectivity index (χ1v) is 13.4. The Kier molecular flexibility index (Phi) is 8.69. The number of aromatic amines is 2. The Hall–Kier alpha value is -4.10. The SMILES string of the molecule is OCCN(CCO)c1ccc2cc(-c3c(F)c(F)c(-c4cc5ccc(N(CCO)CCO)cc5[nH]4)c(F)c3F)[nH]c2c1. The van der Waals surface area contributed by atoms with Crippen molar-refractivity contribution in [2.75, 3.05) is 62.4 Å². The number of anilines is 2. The highest BCUT2D eigenvalue weighted by molar-refractivity contribution is 5.91. The molecule has 0 radical (unpaired) electrons. The van der Waals surface area contributed by atoms with Crippen LogP contribution in [0.25, 0.3) is 44.3 Å². The highest BCUT2D eigenvalue weighted by atomic mass is 19.2. The first-order chi connectivity index (χ1) is 20.3. The van der Waals surface area contributed by atoms with Gasteiger partial charge in [-0.25, -0.2) is 17.6 Å². The molecule has 6 N–H and O–H groups in total. The maximum atomic E-state index is 15.5. The normalized spacial score (nSPS) is 11.6. The maximum Gasteiger partial charge on any atom is 0.172 e. The van der Waals surface area contributed by atoms with Crippen molar-refractivity contribution in [3.63, 3.8) is 0 Å². The van der Waals surface area contributed by atoms with Gasteiger partial charge in [-0.1, -0.05) is 12.1 Å². The summed E-state index contributed by atoms with van der Waals surface area (Å²) in [5, 5.41) is 38.3. The van der Waals surface area contributed by atoms with Crippen LogP contribution in [0.5, 0.6) is 0 Å². The number of nitrogens with one attached hydrogen (secondary N) is 2. The van der Waals surface area contributed by atoms with Crippen molar-refractivity contribution in [1.29, 1.82) is 0 Å². The van der Waals surface area contributed by atoms with Gasteiger partial charge < -0.3 is 40.2 Å². The van der Waals surface area contributed by atoms with Gasteiger partial charge in [0.25, 0.3) is 0 Å². The van der Waals surface area contributed by atoms with Crippen LogP contribution < -0.4 is 9.80 Å². The van der Waals surface area contributed by atoms with Gasteiger partial charge in [-0.15, -0.1) is 0 Å². The van der Waals surface area contributed by atoms with Crippen molar-refractivity contribution < 1.29 is 38.0 Å². The lowest BCUT2D eigenvalue weighted by molar-refractivity contribution is 0.280. The Bertz CT molecular complexity index is 1560. The summed E-state index contributed by atoms with van der Waals surface area (Å²) in [6.07, 6.45) is 0. The third kappa shape index (κ3) is 5.41. The van der Waals surface area contributed by atoms with Crippen LogP contribution in [0.2, 0.25) is 0 Å². The van der Waals surface area contributed by atoms with E-state index in [9.17, 15) is 20.4 Å². The molecule has 42 heavy (non-hydrogen) atoms. The second kappa shape index (κ2) is 12.4. The molecule has 0 unspecified atom stereocenters. The van der Waals surface area contributed by atoms with Gasteiger partial charge in [0.1, 0.15) is 0 Å². The van der Waals surface area contributed by atoms with Crippen LogP contribution in [0.3, 0.4) is 0 Å². The van der Waals surface area contributed by atoms with Crippen LogP contribution in [0.15, 0.2) is 48.5 Å². The summed E-state index contributed by atoms with van der Waals surface area (Å²) in [6, 6.07) is 12.8. The molecule has 0 aliphatic heterocycles. The van der Waals surface area contributed by atoms with Crippen LogP contribution in [0, 0.1) is 23.3 Å². The molecule has 0 spiro atoms. The molecule has 3 aromatic carbocycles. The van der Waals surface area contributed by atoms with E-state index in [4.69, 9.17) is 0 Å². The first kappa shape index (κ1) is 29.4. The standard InChI is InChI=1S/C30H30F4N4O4/c31-27-25(23-13-17-1-3-19(15-21(17)35-23)37(5-9-39)6-10-40)28(32)30(34)26(29(27)33)24-14-18-2-4-20(16-22(18)36-24)38(7-11-41)8-12-42/h1-4,13-16,35-36,39-42H,5-12H2. The maximum absolute atomic E-state index is 15.5. The first-order valence-electron chi connectivity index (χ1n) is 13.4. The molecule has 0 aliphatic carbocycles. The third-order valence-corrected chi connectivity index (χ3v) is 7.22. The number of aliphatic hydroxyl groups is 4. The molecule has 0 atom stereocenters. The summed E-state index contributed by atoms with van der Waals surface area (Å²) in [7, 11) is 0. The molecule has 8 nitrogen and oxygen atoms in total. The highest BCUT2D eigenvalue weighted by Crippen LogP contribution is 2.39. The van der Waals surface area contributed by atoms with Gasteiger partial charge in [-0.3, -0.25) is 0 Å². The van der Waals surface area contributed by atoms with E-state index in [1.807, 2.05) is 0 Å². The molecule has 0 amide bonds. The number of nitrogens with zero attached hydrogens (tertiary/aromatic N) is 2. The highest BCUT2D eigenvalue weighted by Gasteiger charge is 2.29. The number of hydrogen-bond donors (Lipinski definition) is 6. The van der Waals surface area contributed by atoms with Crippen molar-refractivity contribution in [1.82, 2.24) is 9.97 Å². The Balaban J connectivity index is 1.55. The van der Waals surface area contributed by atoms with Crippen molar-refractivity contribution >= 4 is 33.2 Å². The van der Waals surface area contributed by atoms with Crippen molar-refractivity contribution in [2.24, 2.45) is 0 Å². The fourth-order valence-corrected chi connectivity index (χ4v) is 5.22. The molecular weight excluding hydrogens is 556 g/mol. The Morgan fingerprint density at radius 1 is 0.500 bits per heavy atom. The van der Waals surface area contributed by atoms with E-state index in [0.29, 0.717) is 33.2 Å². The number of aromatic nitrogens is 2. The molecule has 2 heterocycles. The lowest BCUT2D eigenvalue weighted by atomic mass is 10.0. The van der Waals surface area contributed by atoms with Gasteiger partial charge >= 0.3 is 0 Å². The zero-order valence-electron chi connectivity index (χ0n) is 22.5. The summed E-state index contributed by atoms with van der Waals surface area (Å²) in [4.78, 5) is 9.10. The number of benzene rings is 3. The second-order valence-corrected chi connectivity index (χ2v) is 9.78. The van der Waals surface area contributed by atoms with Gasteiger partial charge in [0.15, 0.2) is 23.3 Å². The number of halogens is 4. The molecule has 222 valence electrons. The van der Waals surface area contributed by atoms with Gasteiger partial charge in [-0.05, 0) is 36.4 Å². The largest absolute Gasteiger partial charge is 0.395 e. The monoisotopic (exact) mass is 586 g/mol. The van der Waals surface area contributed by atoms with Crippen LogP contribution >= 0.6 is 0 Å². The summed E-state index contributed by atoms with van der Waals surface area (Å²) < 4.78 is 61.9. The predicted molar refractivity (Wildman–Crippen MR) is 154 cm³/mol. The fourth-order valence-electron chi connectivity index (χ4n) is 5.22. The van der Waals surface area contributed by atoms with E-state index in [0.717, 1.165) is 0 Å². The molecule has 0 saturated carbocycles. The van der Waals surface area contributed by atoms with E-state index in [1.54, 1.807) is 46.2 Å². The Morgan fingerprint density at radius 3 is 1.14 bits per heavy atom. The number of fused-ring (bicyclic) bond motifs is 2. The fraction of sp³-hybridized carbons (Fsp3) is 0.267. The van der Waals surface area contributed by atoms with Crippen molar-refractivity contribution in [3.05, 3.63) is 71.8 Å². The number of aliphatic hydroxyl groups excluding tert-OH is 4. The lowest BCUT2D eigenvalue weighted by Crippen LogP contribution is -2.29. The average Bonchev–Trinajstić information content (AvgIpc) is 3.59. The molecule has 12 heteroatoms. The minimum atomic E-state index is -1.56. The summed E-state index contributed by atoms with van der Waals surface area (Å²) >= 11 is 0. The third-order valence-electron chi connectivity index (χ3n) is 7.22. The van der Waals surface area contributed by atoms with Gasteiger partial charge in [0, 0.05) is 59.4 Å². The van der Waals surface area contributed by atoms with Crippen LogP contribution in [-0.2, 0) is 0 Å². The topological polar surface area (TPSA) is 119 Å². The minimum Gasteiger partial charge on any atom is -0.395 e. The van der Waals surface area contributed by atoms with Gasteiger partial charge in [0.05, 0.1) is 48.9 Å². The zero-order chi connectivity index (χ0) is 30.0. The molecule has 5 aromatic rings. The lowest BCUT2D eigenvalue weighted by Gasteiger charge is -2.22. The smallest absolute Gasteiger partial charge is 0.172 e. The number of H-pyrrole nitrogens is 2. The molecule has 5 rings (SSSR count). The van der Waals surface area contributed by atoms with E-state index in [2.05, 4.69) is 9.97 Å². The zero-order valence-corrected chi connectivity index (χ0v) is 22.5. The summed E-state index contributed by atoms with van der Waals surface area (Å²) in [5.41, 5.74) is 0.0612. The number of hydrogen-bond acceptors (Lipinski definition) is 6. The molecule has 0 fully saturated rings. The van der Waals surface area contributed by atoms with Crippen LogP contribution in [-0.4, -0.2) is 83.0 Å². The van der Waals surface area contributed by atoms with E-state index in [-0.39, 0.29) is 64.0 Å². The minimum absolute atomic E-state index is 0.154. The van der Waals surface area contributed by atoms with Crippen LogP contribution in [0.4, 0.5) is 28.9 Å². The Labute approximate surface area is 238 Å².